The van der Waals surface area contributed by atoms with Gasteiger partial charge in [-0.2, -0.15) is 5.26 Å². The zero-order chi connectivity index (χ0) is 17.2. The monoisotopic (exact) mass is 331 g/mol. The number of hydrogen-bond acceptors (Lipinski definition) is 3. The third kappa shape index (κ3) is 3.51. The fraction of sp³-hybridized carbons (Fsp3) is 0.556. The van der Waals surface area contributed by atoms with E-state index >= 15 is 0 Å². The number of carboxylic acid groups (broad SMARTS) is 1. The van der Waals surface area contributed by atoms with Crippen molar-refractivity contribution in [2.75, 3.05) is 26.2 Å². The Balaban J connectivity index is 1.63. The summed E-state index contributed by atoms with van der Waals surface area (Å²) in [7, 11) is 0. The van der Waals surface area contributed by atoms with E-state index in [1.54, 1.807) is 0 Å². The predicted molar refractivity (Wildman–Crippen MR) is 86.9 cm³/mol. The highest BCUT2D eigenvalue weighted by molar-refractivity contribution is 5.65. The summed E-state index contributed by atoms with van der Waals surface area (Å²) in [5.41, 5.74) is 1.15. The molecule has 1 amide bonds. The summed E-state index contributed by atoms with van der Waals surface area (Å²) in [6, 6.07) is 6.65. The predicted octanol–water partition coefficient (Wildman–Crippen LogP) is 3.05. The van der Waals surface area contributed by atoms with Gasteiger partial charge in [-0.25, -0.2) is 9.18 Å². The molecule has 1 aromatic rings. The Morgan fingerprint density at radius 3 is 2.67 bits per heavy atom. The molecule has 2 heterocycles. The molecule has 0 atom stereocenters. The summed E-state index contributed by atoms with van der Waals surface area (Å²) in [5.74, 6) is -0.462. The van der Waals surface area contributed by atoms with E-state index in [9.17, 15) is 9.18 Å². The molecule has 1 spiro atoms. The van der Waals surface area contributed by atoms with Crippen molar-refractivity contribution in [2.45, 2.75) is 32.2 Å². The minimum atomic E-state index is -0.828. The summed E-state index contributed by atoms with van der Waals surface area (Å²) < 4.78 is 13.8. The van der Waals surface area contributed by atoms with Crippen molar-refractivity contribution < 1.29 is 14.3 Å². The van der Waals surface area contributed by atoms with Gasteiger partial charge in [-0.1, -0.05) is 6.07 Å². The fourth-order valence-corrected chi connectivity index (χ4v) is 4.03. The molecule has 0 radical (unpaired) electrons. The van der Waals surface area contributed by atoms with E-state index in [2.05, 4.69) is 4.90 Å². The standard InChI is InChI=1S/C18H22FN3O2/c19-16-10-14(2-3-15(16)11-20)12-21-7-1-4-18(13-21)5-8-22(9-6-18)17(23)24/h2-3,10H,1,4-9,12-13H2,(H,23,24). The van der Waals surface area contributed by atoms with Gasteiger partial charge in [0.2, 0.25) is 0 Å². The first-order valence-corrected chi connectivity index (χ1v) is 8.40. The fourth-order valence-electron chi connectivity index (χ4n) is 4.03. The number of amides is 1. The molecule has 2 saturated heterocycles. The van der Waals surface area contributed by atoms with Gasteiger partial charge in [-0.15, -0.1) is 0 Å². The second kappa shape index (κ2) is 6.78. The lowest BCUT2D eigenvalue weighted by Gasteiger charge is -2.47. The van der Waals surface area contributed by atoms with Crippen LogP contribution in [0, 0.1) is 22.6 Å². The van der Waals surface area contributed by atoms with Crippen LogP contribution in [0.1, 0.15) is 36.8 Å². The SMILES string of the molecule is N#Cc1ccc(CN2CCCC3(CCN(C(=O)O)CC3)C2)cc1F. The highest BCUT2D eigenvalue weighted by Gasteiger charge is 2.39. The third-order valence-electron chi connectivity index (χ3n) is 5.40. The average molecular weight is 331 g/mol. The van der Waals surface area contributed by atoms with E-state index in [-0.39, 0.29) is 11.0 Å². The number of likely N-dealkylation sites (tertiary alicyclic amines) is 2. The number of halogens is 1. The van der Waals surface area contributed by atoms with Crippen LogP contribution in [0.3, 0.4) is 0 Å². The summed E-state index contributed by atoms with van der Waals surface area (Å²) in [6.07, 6.45) is 3.20. The lowest BCUT2D eigenvalue weighted by atomic mass is 9.72. The molecule has 2 aliphatic rings. The molecule has 3 rings (SSSR count). The molecular formula is C18H22FN3O2. The summed E-state index contributed by atoms with van der Waals surface area (Å²) >= 11 is 0. The van der Waals surface area contributed by atoms with Gasteiger partial charge in [0.1, 0.15) is 11.9 Å². The van der Waals surface area contributed by atoms with Gasteiger partial charge in [0.25, 0.3) is 0 Å². The Morgan fingerprint density at radius 2 is 2.04 bits per heavy atom. The number of rotatable bonds is 2. The summed E-state index contributed by atoms with van der Waals surface area (Å²) in [4.78, 5) is 14.9. The van der Waals surface area contributed by atoms with Crippen molar-refractivity contribution in [1.29, 1.82) is 5.26 Å². The molecule has 2 fully saturated rings. The number of nitrogens with zero attached hydrogens (tertiary/aromatic N) is 3. The van der Waals surface area contributed by atoms with Gasteiger partial charge in [-0.05, 0) is 55.3 Å². The van der Waals surface area contributed by atoms with Gasteiger partial charge in [0, 0.05) is 26.2 Å². The molecule has 0 bridgehead atoms. The number of carbonyl (C=O) groups is 1. The number of hydrogen-bond donors (Lipinski definition) is 1. The smallest absolute Gasteiger partial charge is 0.407 e. The highest BCUT2D eigenvalue weighted by Crippen LogP contribution is 2.40. The Kier molecular flexibility index (Phi) is 4.72. The van der Waals surface area contributed by atoms with Crippen molar-refractivity contribution in [3.05, 3.63) is 35.1 Å². The number of piperidine rings is 2. The van der Waals surface area contributed by atoms with Crippen LogP contribution in [0.25, 0.3) is 0 Å². The largest absolute Gasteiger partial charge is 0.465 e. The van der Waals surface area contributed by atoms with Crippen molar-refractivity contribution in [3.63, 3.8) is 0 Å². The van der Waals surface area contributed by atoms with E-state index in [0.29, 0.717) is 19.6 Å². The van der Waals surface area contributed by atoms with E-state index in [0.717, 1.165) is 44.3 Å². The number of benzene rings is 1. The van der Waals surface area contributed by atoms with Crippen LogP contribution in [0.15, 0.2) is 18.2 Å². The number of nitriles is 1. The van der Waals surface area contributed by atoms with Crippen LogP contribution in [0.5, 0.6) is 0 Å². The van der Waals surface area contributed by atoms with Gasteiger partial charge >= 0.3 is 6.09 Å². The van der Waals surface area contributed by atoms with Gasteiger partial charge in [0.15, 0.2) is 0 Å². The van der Waals surface area contributed by atoms with Crippen molar-refractivity contribution >= 4 is 6.09 Å². The molecule has 24 heavy (non-hydrogen) atoms. The normalized spacial score (nSPS) is 20.8. The second-order valence-electron chi connectivity index (χ2n) is 7.01. The Morgan fingerprint density at radius 1 is 1.29 bits per heavy atom. The molecule has 2 aliphatic heterocycles. The zero-order valence-electron chi connectivity index (χ0n) is 13.7. The minimum Gasteiger partial charge on any atom is -0.465 e. The first kappa shape index (κ1) is 16.7. The lowest BCUT2D eigenvalue weighted by molar-refractivity contribution is 0.0232. The van der Waals surface area contributed by atoms with E-state index in [4.69, 9.17) is 10.4 Å². The zero-order valence-corrected chi connectivity index (χ0v) is 13.7. The van der Waals surface area contributed by atoms with Crippen LogP contribution >= 0.6 is 0 Å². The molecule has 0 unspecified atom stereocenters. The highest BCUT2D eigenvalue weighted by atomic mass is 19.1. The third-order valence-corrected chi connectivity index (χ3v) is 5.40. The average Bonchev–Trinajstić information content (AvgIpc) is 2.55. The maximum Gasteiger partial charge on any atom is 0.407 e. The Bertz CT molecular complexity index is 663. The van der Waals surface area contributed by atoms with Gasteiger partial charge < -0.3 is 10.0 Å². The molecule has 0 aliphatic carbocycles. The van der Waals surface area contributed by atoms with Crippen LogP contribution in [-0.4, -0.2) is 47.2 Å². The second-order valence-corrected chi connectivity index (χ2v) is 7.01. The van der Waals surface area contributed by atoms with Crippen LogP contribution in [0.4, 0.5) is 9.18 Å². The molecule has 1 aromatic carbocycles. The van der Waals surface area contributed by atoms with Crippen LogP contribution in [0.2, 0.25) is 0 Å². The van der Waals surface area contributed by atoms with Crippen LogP contribution in [-0.2, 0) is 6.54 Å². The quantitative estimate of drug-likeness (QED) is 0.904. The van der Waals surface area contributed by atoms with E-state index in [1.165, 1.54) is 17.0 Å². The van der Waals surface area contributed by atoms with Crippen molar-refractivity contribution in [2.24, 2.45) is 5.41 Å². The molecule has 6 heteroatoms. The first-order valence-electron chi connectivity index (χ1n) is 8.40. The van der Waals surface area contributed by atoms with Gasteiger partial charge in [0.05, 0.1) is 5.56 Å². The van der Waals surface area contributed by atoms with E-state index < -0.39 is 11.9 Å². The van der Waals surface area contributed by atoms with E-state index in [1.807, 2.05) is 12.1 Å². The first-order chi connectivity index (χ1) is 11.5. The Hall–Kier alpha value is -2.13. The minimum absolute atomic E-state index is 0.0786. The summed E-state index contributed by atoms with van der Waals surface area (Å²) in [5, 5.41) is 17.9. The Labute approximate surface area is 141 Å². The summed E-state index contributed by atoms with van der Waals surface area (Å²) in [6.45, 7) is 3.80. The molecule has 128 valence electrons. The topological polar surface area (TPSA) is 67.6 Å². The molecule has 0 aromatic heterocycles. The van der Waals surface area contributed by atoms with Crippen molar-refractivity contribution in [3.8, 4) is 6.07 Å². The molecule has 1 N–H and O–H groups in total. The van der Waals surface area contributed by atoms with Crippen LogP contribution < -0.4 is 0 Å². The molecular weight excluding hydrogens is 309 g/mol. The van der Waals surface area contributed by atoms with Gasteiger partial charge in [-0.3, -0.25) is 4.90 Å². The maximum absolute atomic E-state index is 13.8. The molecule has 0 saturated carbocycles. The lowest BCUT2D eigenvalue weighted by Crippen LogP contribution is -2.50. The molecule has 5 nitrogen and oxygen atoms in total. The van der Waals surface area contributed by atoms with Crippen molar-refractivity contribution in [1.82, 2.24) is 9.80 Å². The maximum atomic E-state index is 13.8.